The molecule has 0 aliphatic carbocycles. The lowest BCUT2D eigenvalue weighted by molar-refractivity contribution is -0.138. The van der Waals surface area contributed by atoms with E-state index in [1.165, 1.54) is 31.2 Å². The van der Waals surface area contributed by atoms with Crippen molar-refractivity contribution in [2.45, 2.75) is 37.9 Å². The zero-order chi connectivity index (χ0) is 27.4. The van der Waals surface area contributed by atoms with Gasteiger partial charge in [0.15, 0.2) is 5.03 Å². The highest BCUT2D eigenvalue weighted by Crippen LogP contribution is 2.38. The van der Waals surface area contributed by atoms with E-state index < -0.39 is 50.1 Å². The highest BCUT2D eigenvalue weighted by molar-refractivity contribution is 7.92. The van der Waals surface area contributed by atoms with Gasteiger partial charge < -0.3 is 10.0 Å². The predicted octanol–water partition coefficient (Wildman–Crippen LogP) is 5.10. The normalized spacial score (nSPS) is 11.8. The minimum absolute atomic E-state index is 0.101. The van der Waals surface area contributed by atoms with E-state index in [-0.39, 0.29) is 24.3 Å². The van der Waals surface area contributed by atoms with E-state index in [0.29, 0.717) is 24.6 Å². The van der Waals surface area contributed by atoms with Crippen LogP contribution in [0.2, 0.25) is 0 Å². The van der Waals surface area contributed by atoms with E-state index in [0.717, 1.165) is 18.2 Å². The van der Waals surface area contributed by atoms with Crippen molar-refractivity contribution in [3.63, 3.8) is 0 Å². The molecule has 0 atom stereocenters. The largest absolute Gasteiger partial charge is 0.481 e. The number of nitrogens with one attached hydrogen (secondary N) is 1. The Bertz CT molecular complexity index is 1400. The fraction of sp³-hybridized carbons (Fsp3) is 0.292. The quantitative estimate of drug-likeness (QED) is 0.344. The molecule has 2 aromatic heterocycles. The monoisotopic (exact) mass is 540 g/mol. The molecule has 198 valence electrons. The molecule has 37 heavy (non-hydrogen) atoms. The van der Waals surface area contributed by atoms with Crippen molar-refractivity contribution in [3.05, 3.63) is 65.5 Å². The number of carboxylic acid groups (broad SMARTS) is 1. The van der Waals surface area contributed by atoms with E-state index in [9.17, 15) is 30.8 Å². The number of halogens is 4. The molecule has 3 aromatic rings. The van der Waals surface area contributed by atoms with E-state index >= 15 is 0 Å². The van der Waals surface area contributed by atoms with Crippen LogP contribution in [0.25, 0.3) is 11.3 Å². The molecule has 2 heterocycles. The number of alkyl halides is 3. The summed E-state index contributed by atoms with van der Waals surface area (Å²) in [4.78, 5) is 20.6. The third-order valence-electron chi connectivity index (χ3n) is 5.29. The molecule has 1 aromatic carbocycles. The highest BCUT2D eigenvalue weighted by atomic mass is 32.2. The first-order chi connectivity index (χ1) is 17.3. The van der Waals surface area contributed by atoms with Crippen LogP contribution in [-0.4, -0.2) is 42.6 Å². The minimum atomic E-state index is -4.83. The lowest BCUT2D eigenvalue weighted by Crippen LogP contribution is -2.28. The van der Waals surface area contributed by atoms with Crippen LogP contribution < -0.4 is 9.62 Å². The number of carboxylic acids is 1. The third kappa shape index (κ3) is 6.94. The maximum absolute atomic E-state index is 13.8. The van der Waals surface area contributed by atoms with Gasteiger partial charge in [-0.1, -0.05) is 19.1 Å². The fourth-order valence-electron chi connectivity index (χ4n) is 3.56. The number of aromatic nitrogens is 2. The van der Waals surface area contributed by atoms with Gasteiger partial charge in [0, 0.05) is 18.7 Å². The zero-order valence-electron chi connectivity index (χ0n) is 19.9. The molecule has 0 spiro atoms. The summed E-state index contributed by atoms with van der Waals surface area (Å²) >= 11 is 0. The van der Waals surface area contributed by atoms with Gasteiger partial charge in [-0.3, -0.25) is 9.52 Å². The summed E-state index contributed by atoms with van der Waals surface area (Å²) in [6.07, 6.45) is -4.37. The number of aryl methyl sites for hydroxylation is 1. The van der Waals surface area contributed by atoms with Crippen molar-refractivity contribution in [1.82, 2.24) is 9.97 Å². The Hall–Kier alpha value is -3.74. The minimum Gasteiger partial charge on any atom is -0.481 e. The van der Waals surface area contributed by atoms with Crippen LogP contribution >= 0.6 is 0 Å². The molecule has 13 heteroatoms. The van der Waals surface area contributed by atoms with Gasteiger partial charge in [-0.2, -0.15) is 21.6 Å². The number of anilines is 2. The summed E-state index contributed by atoms with van der Waals surface area (Å²) in [6.45, 7) is 3.87. The van der Waals surface area contributed by atoms with Gasteiger partial charge in [0.2, 0.25) is 0 Å². The summed E-state index contributed by atoms with van der Waals surface area (Å²) in [6, 6.07) is 8.95. The second-order valence-corrected chi connectivity index (χ2v) is 9.75. The molecular weight excluding hydrogens is 516 g/mol. The van der Waals surface area contributed by atoms with Crippen molar-refractivity contribution < 1.29 is 35.9 Å². The van der Waals surface area contributed by atoms with Crippen molar-refractivity contribution in [1.29, 1.82) is 0 Å². The summed E-state index contributed by atoms with van der Waals surface area (Å²) in [7, 11) is -4.40. The van der Waals surface area contributed by atoms with Crippen molar-refractivity contribution in [2.24, 2.45) is 0 Å². The number of hydrogen-bond acceptors (Lipinski definition) is 6. The first kappa shape index (κ1) is 27.8. The number of pyridine rings is 2. The Balaban J connectivity index is 2.00. The average Bonchev–Trinajstić information content (AvgIpc) is 2.82. The second-order valence-electron chi connectivity index (χ2n) is 8.12. The number of hydrogen-bond donors (Lipinski definition) is 2. The standard InChI is InChI=1S/C24H24F4N4O4S/c1-3-12-32(13-11-22(33)34)20-5-4-6-21(30-20)37(35,36)31-19-10-9-18(24(26,27)28)23(29-19)17-14-16(25)8-7-15(17)2/h4-10,14H,3,11-13H2,1-2H3,(H,29,31)(H,33,34). The zero-order valence-corrected chi connectivity index (χ0v) is 20.7. The fourth-order valence-corrected chi connectivity index (χ4v) is 4.53. The molecule has 3 rings (SSSR count). The molecule has 0 fully saturated rings. The first-order valence-electron chi connectivity index (χ1n) is 11.1. The van der Waals surface area contributed by atoms with Crippen LogP contribution in [-0.2, 0) is 21.0 Å². The van der Waals surface area contributed by atoms with Crippen LogP contribution in [0.4, 0.5) is 29.2 Å². The number of benzene rings is 1. The summed E-state index contributed by atoms with van der Waals surface area (Å²) in [5, 5.41) is 8.54. The van der Waals surface area contributed by atoms with Gasteiger partial charge in [-0.15, -0.1) is 0 Å². The molecule has 0 bridgehead atoms. The van der Waals surface area contributed by atoms with Gasteiger partial charge in [0.25, 0.3) is 10.0 Å². The topological polar surface area (TPSA) is 112 Å². The number of sulfonamides is 1. The number of carbonyl (C=O) groups is 1. The molecule has 2 N–H and O–H groups in total. The van der Waals surface area contributed by atoms with Crippen LogP contribution in [0, 0.1) is 12.7 Å². The van der Waals surface area contributed by atoms with Gasteiger partial charge in [-0.05, 0) is 55.3 Å². The van der Waals surface area contributed by atoms with Crippen LogP contribution in [0.15, 0.2) is 53.6 Å². The number of nitrogens with zero attached hydrogens (tertiary/aromatic N) is 3. The van der Waals surface area contributed by atoms with Crippen LogP contribution in [0.5, 0.6) is 0 Å². The molecule has 0 saturated heterocycles. The molecular formula is C24H24F4N4O4S. The molecule has 0 radical (unpaired) electrons. The van der Waals surface area contributed by atoms with E-state index in [2.05, 4.69) is 14.7 Å². The van der Waals surface area contributed by atoms with E-state index in [1.807, 2.05) is 6.92 Å². The molecule has 0 unspecified atom stereocenters. The van der Waals surface area contributed by atoms with E-state index in [4.69, 9.17) is 5.11 Å². The second kappa shape index (κ2) is 11.1. The van der Waals surface area contributed by atoms with Gasteiger partial charge in [0.1, 0.15) is 17.5 Å². The lowest BCUT2D eigenvalue weighted by atomic mass is 10.0. The number of rotatable bonds is 10. The average molecular weight is 541 g/mol. The Kier molecular flexibility index (Phi) is 8.36. The Morgan fingerprint density at radius 3 is 2.46 bits per heavy atom. The summed E-state index contributed by atoms with van der Waals surface area (Å²) < 4.78 is 83.1. The van der Waals surface area contributed by atoms with E-state index in [1.54, 1.807) is 4.90 Å². The molecule has 0 amide bonds. The Morgan fingerprint density at radius 2 is 1.81 bits per heavy atom. The van der Waals surface area contributed by atoms with Crippen LogP contribution in [0.1, 0.15) is 30.9 Å². The SMILES string of the molecule is CCCN(CCC(=O)O)c1cccc(S(=O)(=O)Nc2ccc(C(F)(F)F)c(-c3cc(F)ccc3C)n2)n1. The first-order valence-corrected chi connectivity index (χ1v) is 12.6. The molecule has 0 saturated carbocycles. The molecule has 0 aliphatic rings. The van der Waals surface area contributed by atoms with Crippen molar-refractivity contribution >= 4 is 27.6 Å². The Labute approximate surface area is 211 Å². The Morgan fingerprint density at radius 1 is 1.08 bits per heavy atom. The maximum atomic E-state index is 13.8. The van der Waals surface area contributed by atoms with Crippen LogP contribution in [0.3, 0.4) is 0 Å². The van der Waals surface area contributed by atoms with Gasteiger partial charge in [-0.25, -0.2) is 14.4 Å². The predicted molar refractivity (Wildman–Crippen MR) is 129 cm³/mol. The number of aliphatic carboxylic acids is 1. The molecule has 8 nitrogen and oxygen atoms in total. The van der Waals surface area contributed by atoms with Crippen molar-refractivity contribution in [2.75, 3.05) is 22.7 Å². The smallest absolute Gasteiger partial charge is 0.418 e. The molecule has 0 aliphatic heterocycles. The lowest BCUT2D eigenvalue weighted by Gasteiger charge is -2.23. The third-order valence-corrected chi connectivity index (χ3v) is 6.55. The van der Waals surface area contributed by atoms with Gasteiger partial charge >= 0.3 is 12.1 Å². The van der Waals surface area contributed by atoms with Crippen molar-refractivity contribution in [3.8, 4) is 11.3 Å². The summed E-state index contributed by atoms with van der Waals surface area (Å²) in [5.74, 6) is -2.00. The summed E-state index contributed by atoms with van der Waals surface area (Å²) in [5.41, 5.74) is -1.61. The maximum Gasteiger partial charge on any atom is 0.418 e. The van der Waals surface area contributed by atoms with Gasteiger partial charge in [0.05, 0.1) is 17.7 Å². The highest BCUT2D eigenvalue weighted by Gasteiger charge is 2.35.